The van der Waals surface area contributed by atoms with E-state index in [2.05, 4.69) is 15.9 Å². The van der Waals surface area contributed by atoms with Crippen molar-refractivity contribution in [3.05, 3.63) is 68.8 Å². The fourth-order valence-electron chi connectivity index (χ4n) is 2.74. The van der Waals surface area contributed by atoms with Crippen LogP contribution in [-0.4, -0.2) is 22.1 Å². The number of hydrogen-bond acceptors (Lipinski definition) is 4. The van der Waals surface area contributed by atoms with Crippen LogP contribution in [0.5, 0.6) is 5.75 Å². The number of benzene rings is 2. The molecule has 0 radical (unpaired) electrons. The highest BCUT2D eigenvalue weighted by molar-refractivity contribution is 9.10. The summed E-state index contributed by atoms with van der Waals surface area (Å²) < 4.78 is 20.0. The molecule has 0 aromatic heterocycles. The Morgan fingerprint density at radius 3 is 2.75 bits per heavy atom. The van der Waals surface area contributed by atoms with E-state index in [-0.39, 0.29) is 29.6 Å². The second-order valence-corrected chi connectivity index (χ2v) is 8.32. The molecule has 0 aliphatic carbocycles. The van der Waals surface area contributed by atoms with Gasteiger partial charge in [-0.1, -0.05) is 35.0 Å². The number of nitrogens with zero attached hydrogens (tertiary/aromatic N) is 1. The number of hydrogen-bond donors (Lipinski definition) is 0. The van der Waals surface area contributed by atoms with Gasteiger partial charge in [-0.05, 0) is 67.1 Å². The van der Waals surface area contributed by atoms with Gasteiger partial charge in [0, 0.05) is 16.1 Å². The lowest BCUT2D eigenvalue weighted by molar-refractivity contribution is -0.124. The first-order valence-electron chi connectivity index (χ1n) is 8.83. The lowest BCUT2D eigenvalue weighted by Crippen LogP contribution is -2.36. The van der Waals surface area contributed by atoms with Gasteiger partial charge >= 0.3 is 0 Å². The lowest BCUT2D eigenvalue weighted by Gasteiger charge is -2.19. The van der Waals surface area contributed by atoms with E-state index >= 15 is 0 Å². The van der Waals surface area contributed by atoms with Gasteiger partial charge in [-0.3, -0.25) is 14.5 Å². The van der Waals surface area contributed by atoms with Crippen LogP contribution in [-0.2, 0) is 11.4 Å². The van der Waals surface area contributed by atoms with Crippen molar-refractivity contribution in [2.75, 3.05) is 0 Å². The monoisotopic (exact) mass is 463 g/mol. The van der Waals surface area contributed by atoms with Gasteiger partial charge in [0.15, 0.2) is 0 Å². The van der Waals surface area contributed by atoms with Gasteiger partial charge in [0.05, 0.1) is 4.91 Å². The standard InChI is InChI=1S/C21H19BrFNO3S/c1-3-13(2)24-20(25)19(28-21(24)26)11-15-10-16(22)7-8-18(15)27-12-14-5-4-6-17(23)9-14/h4-11,13H,3,12H2,1-2H3/b19-11+/t13-/m0/s1. The number of carbonyl (C=O) groups is 2. The van der Waals surface area contributed by atoms with Gasteiger partial charge in [-0.25, -0.2) is 4.39 Å². The first-order chi connectivity index (χ1) is 13.4. The molecule has 2 aromatic carbocycles. The Hall–Kier alpha value is -2.12. The molecule has 1 aliphatic rings. The normalized spacial score (nSPS) is 16.7. The van der Waals surface area contributed by atoms with E-state index in [1.165, 1.54) is 17.0 Å². The molecule has 1 heterocycles. The molecule has 0 N–H and O–H groups in total. The molecule has 4 nitrogen and oxygen atoms in total. The Bertz CT molecular complexity index is 947. The van der Waals surface area contributed by atoms with E-state index in [1.54, 1.807) is 24.3 Å². The summed E-state index contributed by atoms with van der Waals surface area (Å²) in [5.74, 6) is -0.0703. The summed E-state index contributed by atoms with van der Waals surface area (Å²) in [6.45, 7) is 3.98. The van der Waals surface area contributed by atoms with Gasteiger partial charge in [-0.2, -0.15) is 0 Å². The Kier molecular flexibility index (Phi) is 6.57. The fraction of sp³-hybridized carbons (Fsp3) is 0.238. The van der Waals surface area contributed by atoms with Crippen molar-refractivity contribution in [2.24, 2.45) is 0 Å². The zero-order valence-electron chi connectivity index (χ0n) is 15.4. The number of rotatable bonds is 6. The summed E-state index contributed by atoms with van der Waals surface area (Å²) in [5.41, 5.74) is 1.37. The highest BCUT2D eigenvalue weighted by Crippen LogP contribution is 2.36. The van der Waals surface area contributed by atoms with E-state index in [9.17, 15) is 14.0 Å². The molecule has 0 spiro atoms. The van der Waals surface area contributed by atoms with E-state index in [0.29, 0.717) is 28.2 Å². The SMILES string of the molecule is CC[C@H](C)N1C(=O)S/C(=C/c2cc(Br)ccc2OCc2cccc(F)c2)C1=O. The van der Waals surface area contributed by atoms with Gasteiger partial charge in [0.1, 0.15) is 18.2 Å². The van der Waals surface area contributed by atoms with E-state index in [0.717, 1.165) is 16.2 Å². The average Bonchev–Trinajstić information content (AvgIpc) is 2.94. The first-order valence-corrected chi connectivity index (χ1v) is 10.4. The molecule has 146 valence electrons. The molecule has 0 saturated carbocycles. The number of imide groups is 1. The molecule has 28 heavy (non-hydrogen) atoms. The molecule has 1 fully saturated rings. The molecule has 1 aliphatic heterocycles. The Morgan fingerprint density at radius 1 is 1.25 bits per heavy atom. The topological polar surface area (TPSA) is 46.6 Å². The van der Waals surface area contributed by atoms with Gasteiger partial charge in [-0.15, -0.1) is 0 Å². The maximum absolute atomic E-state index is 13.4. The highest BCUT2D eigenvalue weighted by Gasteiger charge is 2.37. The summed E-state index contributed by atoms with van der Waals surface area (Å²) in [5, 5.41) is -0.261. The minimum Gasteiger partial charge on any atom is -0.488 e. The van der Waals surface area contributed by atoms with Gasteiger partial charge < -0.3 is 4.74 Å². The molecular formula is C21H19BrFNO3S. The van der Waals surface area contributed by atoms with Crippen LogP contribution in [0.1, 0.15) is 31.4 Å². The van der Waals surface area contributed by atoms with E-state index < -0.39 is 0 Å². The number of amides is 2. The third-order valence-electron chi connectivity index (χ3n) is 4.40. The van der Waals surface area contributed by atoms with Crippen molar-refractivity contribution in [3.8, 4) is 5.75 Å². The highest BCUT2D eigenvalue weighted by atomic mass is 79.9. The van der Waals surface area contributed by atoms with Crippen molar-refractivity contribution in [3.63, 3.8) is 0 Å². The van der Waals surface area contributed by atoms with Crippen molar-refractivity contribution in [1.29, 1.82) is 0 Å². The molecular weight excluding hydrogens is 445 g/mol. The number of halogens is 2. The molecule has 3 rings (SSSR count). The van der Waals surface area contributed by atoms with Crippen LogP contribution in [0.4, 0.5) is 9.18 Å². The first kappa shape index (κ1) is 20.6. The molecule has 0 unspecified atom stereocenters. The minimum atomic E-state index is -0.323. The van der Waals surface area contributed by atoms with Crippen molar-refractivity contribution in [2.45, 2.75) is 32.9 Å². The number of carbonyl (C=O) groups excluding carboxylic acids is 2. The summed E-state index contributed by atoms with van der Waals surface area (Å²) in [6, 6.07) is 11.5. The van der Waals surface area contributed by atoms with E-state index in [1.807, 2.05) is 26.0 Å². The summed E-state index contributed by atoms with van der Waals surface area (Å²) in [6.07, 6.45) is 2.36. The summed E-state index contributed by atoms with van der Waals surface area (Å²) in [4.78, 5) is 26.5. The fourth-order valence-corrected chi connectivity index (χ4v) is 4.03. The summed E-state index contributed by atoms with van der Waals surface area (Å²) in [7, 11) is 0. The predicted octanol–water partition coefficient (Wildman–Crippen LogP) is 6.00. The maximum atomic E-state index is 13.4. The molecule has 2 amide bonds. The Labute approximate surface area is 175 Å². The van der Waals surface area contributed by atoms with Crippen LogP contribution < -0.4 is 4.74 Å². The maximum Gasteiger partial charge on any atom is 0.293 e. The van der Waals surface area contributed by atoms with Crippen LogP contribution in [0, 0.1) is 5.82 Å². The third-order valence-corrected chi connectivity index (χ3v) is 5.77. The average molecular weight is 464 g/mol. The minimum absolute atomic E-state index is 0.149. The predicted molar refractivity (Wildman–Crippen MR) is 112 cm³/mol. The van der Waals surface area contributed by atoms with Crippen molar-refractivity contribution >= 4 is 44.9 Å². The second-order valence-electron chi connectivity index (χ2n) is 6.41. The zero-order chi connectivity index (χ0) is 20.3. The largest absolute Gasteiger partial charge is 0.488 e. The Balaban J connectivity index is 1.86. The second kappa shape index (κ2) is 8.92. The molecule has 1 atom stereocenters. The smallest absolute Gasteiger partial charge is 0.293 e. The van der Waals surface area contributed by atoms with Crippen LogP contribution >= 0.6 is 27.7 Å². The van der Waals surface area contributed by atoms with Gasteiger partial charge in [0.2, 0.25) is 0 Å². The van der Waals surface area contributed by atoms with Crippen molar-refractivity contribution in [1.82, 2.24) is 4.90 Å². The van der Waals surface area contributed by atoms with Crippen LogP contribution in [0.15, 0.2) is 51.8 Å². The lowest BCUT2D eigenvalue weighted by atomic mass is 10.1. The van der Waals surface area contributed by atoms with Crippen LogP contribution in [0.3, 0.4) is 0 Å². The Morgan fingerprint density at radius 2 is 2.04 bits per heavy atom. The third kappa shape index (κ3) is 4.64. The van der Waals surface area contributed by atoms with Crippen LogP contribution in [0.25, 0.3) is 6.08 Å². The number of thioether (sulfide) groups is 1. The van der Waals surface area contributed by atoms with Crippen molar-refractivity contribution < 1.29 is 18.7 Å². The molecule has 7 heteroatoms. The zero-order valence-corrected chi connectivity index (χ0v) is 17.8. The molecule has 0 bridgehead atoms. The van der Waals surface area contributed by atoms with E-state index in [4.69, 9.17) is 4.74 Å². The number of ether oxygens (including phenoxy) is 1. The quantitative estimate of drug-likeness (QED) is 0.492. The summed E-state index contributed by atoms with van der Waals surface area (Å²) >= 11 is 4.35. The molecule has 1 saturated heterocycles. The van der Waals surface area contributed by atoms with Crippen LogP contribution in [0.2, 0.25) is 0 Å². The van der Waals surface area contributed by atoms with Gasteiger partial charge in [0.25, 0.3) is 11.1 Å². The molecule has 2 aromatic rings.